The molecule has 7 heavy (non-hydrogen) atoms. The lowest BCUT2D eigenvalue weighted by Crippen LogP contribution is -2.12. The Balaban J connectivity index is 2.12. The highest BCUT2D eigenvalue weighted by atomic mass is 32.1. The summed E-state index contributed by atoms with van der Waals surface area (Å²) in [5, 5.41) is 0. The van der Waals surface area contributed by atoms with Crippen LogP contribution in [0.3, 0.4) is 0 Å². The van der Waals surface area contributed by atoms with E-state index in [1.165, 1.54) is 0 Å². The Kier molecular flexibility index (Phi) is 2.00. The molecule has 1 nitrogen and oxygen atoms in total. The van der Waals surface area contributed by atoms with Crippen molar-refractivity contribution < 1.29 is 4.74 Å². The van der Waals surface area contributed by atoms with Crippen LogP contribution in [-0.2, 0) is 4.74 Å². The second-order valence-corrected chi connectivity index (χ2v) is 2.11. The van der Waals surface area contributed by atoms with Crippen LogP contribution in [0.5, 0.6) is 0 Å². The average molecular weight is 116 g/mol. The highest BCUT2D eigenvalue weighted by molar-refractivity contribution is 7.80. The molecule has 0 N–H and O–H groups in total. The average Bonchev–Trinajstić information content (AvgIpc) is 1.69. The summed E-state index contributed by atoms with van der Waals surface area (Å²) >= 11 is 4.08. The van der Waals surface area contributed by atoms with Gasteiger partial charge in [0.05, 0.1) is 0 Å². The van der Waals surface area contributed by atoms with Crippen LogP contribution in [0.25, 0.3) is 0 Å². The van der Waals surface area contributed by atoms with Gasteiger partial charge >= 0.3 is 0 Å². The molecule has 1 fully saturated rings. The minimum atomic E-state index is 0.119. The van der Waals surface area contributed by atoms with E-state index in [0.29, 0.717) is 0 Å². The van der Waals surface area contributed by atoms with Crippen molar-refractivity contribution in [3.63, 3.8) is 0 Å². The van der Waals surface area contributed by atoms with Gasteiger partial charge in [-0.25, -0.2) is 0 Å². The number of ether oxygens (including phenoxy) is 1. The topological polar surface area (TPSA) is 9.23 Å². The molecule has 1 saturated heterocycles. The van der Waals surface area contributed by atoms with Gasteiger partial charge in [0.1, 0.15) is 5.44 Å². The van der Waals surface area contributed by atoms with Crippen LogP contribution in [0.4, 0.5) is 0 Å². The van der Waals surface area contributed by atoms with Gasteiger partial charge in [-0.2, -0.15) is 0 Å². The molecule has 2 heteroatoms. The molecule has 0 aliphatic carbocycles. The fraction of sp³-hybridized carbons (Fsp3) is 0.800. The SMILES string of the molecule is SC1C[C]CCO1. The molecule has 0 aromatic rings. The van der Waals surface area contributed by atoms with Gasteiger partial charge < -0.3 is 4.74 Å². The summed E-state index contributed by atoms with van der Waals surface area (Å²) < 4.78 is 5.08. The molecule has 1 unspecified atom stereocenters. The Morgan fingerprint density at radius 2 is 2.57 bits per heavy atom. The van der Waals surface area contributed by atoms with E-state index in [9.17, 15) is 0 Å². The van der Waals surface area contributed by atoms with Gasteiger partial charge in [-0.05, 0) is 19.3 Å². The van der Waals surface area contributed by atoms with E-state index in [0.717, 1.165) is 19.4 Å². The lowest BCUT2D eigenvalue weighted by atomic mass is 10.2. The predicted molar refractivity (Wildman–Crippen MR) is 31.2 cm³/mol. The Labute approximate surface area is 49.5 Å². The quantitative estimate of drug-likeness (QED) is 0.467. The summed E-state index contributed by atoms with van der Waals surface area (Å²) in [6.45, 7) is 0.800. The first-order chi connectivity index (χ1) is 3.39. The van der Waals surface area contributed by atoms with Crippen LogP contribution in [0.2, 0.25) is 0 Å². The van der Waals surface area contributed by atoms with Crippen molar-refractivity contribution in [3.8, 4) is 0 Å². The highest BCUT2D eigenvalue weighted by Crippen LogP contribution is 2.13. The number of hydrogen-bond acceptors (Lipinski definition) is 2. The second-order valence-electron chi connectivity index (χ2n) is 1.53. The van der Waals surface area contributed by atoms with Gasteiger partial charge in [-0.15, -0.1) is 12.6 Å². The fourth-order valence-electron chi connectivity index (χ4n) is 0.552. The highest BCUT2D eigenvalue weighted by Gasteiger charge is 2.07. The third-order valence-electron chi connectivity index (χ3n) is 0.908. The molecule has 1 rings (SSSR count). The summed E-state index contributed by atoms with van der Waals surface area (Å²) in [6.07, 6.45) is 4.98. The largest absolute Gasteiger partial charge is 0.368 e. The first-order valence-electron chi connectivity index (χ1n) is 2.40. The zero-order valence-corrected chi connectivity index (χ0v) is 4.95. The number of thiol groups is 1. The fourth-order valence-corrected chi connectivity index (χ4v) is 0.786. The van der Waals surface area contributed by atoms with E-state index in [-0.39, 0.29) is 5.44 Å². The van der Waals surface area contributed by atoms with Crippen molar-refractivity contribution in [2.45, 2.75) is 18.3 Å². The smallest absolute Gasteiger partial charge is 0.100 e. The summed E-state index contributed by atoms with van der Waals surface area (Å²) in [5.74, 6) is 0. The van der Waals surface area contributed by atoms with E-state index >= 15 is 0 Å². The summed E-state index contributed by atoms with van der Waals surface area (Å²) in [7, 11) is 0. The maximum absolute atomic E-state index is 5.08. The van der Waals surface area contributed by atoms with E-state index in [1.54, 1.807) is 0 Å². The zero-order valence-electron chi connectivity index (χ0n) is 4.05. The summed E-state index contributed by atoms with van der Waals surface area (Å²) in [5.41, 5.74) is 0.119. The van der Waals surface area contributed by atoms with Crippen LogP contribution >= 0.6 is 12.6 Å². The molecular formula is C5H8OS. The third kappa shape index (κ3) is 1.70. The molecule has 1 aliphatic rings. The van der Waals surface area contributed by atoms with Crippen LogP contribution in [0, 0.1) is 6.42 Å². The summed E-state index contributed by atoms with van der Waals surface area (Å²) in [4.78, 5) is 0. The van der Waals surface area contributed by atoms with Crippen molar-refractivity contribution in [2.24, 2.45) is 0 Å². The van der Waals surface area contributed by atoms with Gasteiger partial charge in [0.25, 0.3) is 0 Å². The Bertz CT molecular complexity index is 50.0. The standard InChI is InChI=1S/C5H8OS/c7-5-3-1-2-4-6-5/h5,7H,2-4H2. The molecular weight excluding hydrogens is 108 g/mol. The molecule has 0 bridgehead atoms. The normalized spacial score (nSPS) is 33.0. The minimum absolute atomic E-state index is 0.119. The minimum Gasteiger partial charge on any atom is -0.368 e. The Hall–Kier alpha value is 0.310. The molecule has 40 valence electrons. The van der Waals surface area contributed by atoms with Gasteiger partial charge in [-0.3, -0.25) is 0 Å². The van der Waals surface area contributed by atoms with Gasteiger partial charge in [0, 0.05) is 6.61 Å². The lowest BCUT2D eigenvalue weighted by molar-refractivity contribution is 0.0938. The Morgan fingerprint density at radius 1 is 1.71 bits per heavy atom. The first-order valence-corrected chi connectivity index (χ1v) is 2.91. The van der Waals surface area contributed by atoms with Gasteiger partial charge in [0.15, 0.2) is 0 Å². The first kappa shape index (κ1) is 5.45. The van der Waals surface area contributed by atoms with Gasteiger partial charge in [0.2, 0.25) is 0 Å². The van der Waals surface area contributed by atoms with Crippen molar-refractivity contribution in [3.05, 3.63) is 6.42 Å². The third-order valence-corrected chi connectivity index (χ3v) is 1.24. The molecule has 1 aliphatic heterocycles. The molecule has 1 atom stereocenters. The summed E-state index contributed by atoms with van der Waals surface area (Å²) in [6, 6.07) is 0. The van der Waals surface area contributed by atoms with Crippen molar-refractivity contribution in [1.82, 2.24) is 0 Å². The molecule has 2 radical (unpaired) electrons. The maximum Gasteiger partial charge on any atom is 0.100 e. The lowest BCUT2D eigenvalue weighted by Gasteiger charge is -2.15. The van der Waals surface area contributed by atoms with Crippen LogP contribution in [0.15, 0.2) is 0 Å². The Morgan fingerprint density at radius 3 is 2.86 bits per heavy atom. The molecule has 0 spiro atoms. The molecule has 0 aromatic carbocycles. The number of hydrogen-bond donors (Lipinski definition) is 1. The van der Waals surface area contributed by atoms with E-state index in [4.69, 9.17) is 4.74 Å². The van der Waals surface area contributed by atoms with Crippen molar-refractivity contribution >= 4 is 12.6 Å². The molecule has 0 aromatic heterocycles. The van der Waals surface area contributed by atoms with Gasteiger partial charge in [-0.1, -0.05) is 0 Å². The van der Waals surface area contributed by atoms with E-state index in [1.807, 2.05) is 0 Å². The monoisotopic (exact) mass is 116 g/mol. The molecule has 1 heterocycles. The van der Waals surface area contributed by atoms with Crippen molar-refractivity contribution in [1.29, 1.82) is 0 Å². The van der Waals surface area contributed by atoms with Crippen molar-refractivity contribution in [2.75, 3.05) is 6.61 Å². The maximum atomic E-state index is 5.08. The zero-order chi connectivity index (χ0) is 5.11. The van der Waals surface area contributed by atoms with Crippen LogP contribution in [-0.4, -0.2) is 12.0 Å². The van der Waals surface area contributed by atoms with Crippen LogP contribution < -0.4 is 0 Å². The number of rotatable bonds is 0. The van der Waals surface area contributed by atoms with E-state index < -0.39 is 0 Å². The van der Waals surface area contributed by atoms with Crippen LogP contribution in [0.1, 0.15) is 12.8 Å². The predicted octanol–water partition coefficient (Wildman–Crippen LogP) is 1.13. The second kappa shape index (κ2) is 2.58. The molecule has 0 amide bonds. The molecule has 0 saturated carbocycles. The van der Waals surface area contributed by atoms with E-state index in [2.05, 4.69) is 19.0 Å².